The molecule has 2 fully saturated rings. The molecule has 0 radical (unpaired) electrons. The predicted octanol–water partition coefficient (Wildman–Crippen LogP) is 0.653. The van der Waals surface area contributed by atoms with Crippen LogP contribution < -0.4 is 10.6 Å². The van der Waals surface area contributed by atoms with Gasteiger partial charge in [-0.05, 0) is 32.1 Å². The number of amides is 2. The molecule has 0 aliphatic carbocycles. The molecule has 2 saturated heterocycles. The molecule has 2 atom stereocenters. The number of carbonyl (C=O) groups is 3. The van der Waals surface area contributed by atoms with E-state index in [1.54, 1.807) is 34.9 Å². The van der Waals surface area contributed by atoms with Crippen LogP contribution in [0.25, 0.3) is 6.08 Å². The van der Waals surface area contributed by atoms with Gasteiger partial charge in [-0.15, -0.1) is 11.8 Å². The molecule has 3 rings (SSSR count). The predicted molar refractivity (Wildman–Crippen MR) is 103 cm³/mol. The number of hydrogen-bond acceptors (Lipinski definition) is 6. The van der Waals surface area contributed by atoms with Gasteiger partial charge in [0.25, 0.3) is 11.8 Å². The summed E-state index contributed by atoms with van der Waals surface area (Å²) in [6.07, 6.45) is 5.11. The van der Waals surface area contributed by atoms with Gasteiger partial charge in [-0.25, -0.2) is 0 Å². The van der Waals surface area contributed by atoms with Crippen LogP contribution in [0, 0.1) is 5.41 Å². The number of rotatable bonds is 7. The Hall–Kier alpha value is -2.68. The van der Waals surface area contributed by atoms with E-state index < -0.39 is 6.04 Å². The average molecular weight is 387 g/mol. The summed E-state index contributed by atoms with van der Waals surface area (Å²) in [6.45, 7) is 4.77. The second-order valence-electron chi connectivity index (χ2n) is 6.79. The third-order valence-corrected chi connectivity index (χ3v) is 6.11. The SMILES string of the molecule is CC1(C)SC2/C(=C\c3cc(C(=O)NCCNC=N)ccn3)C(=O)N2[C@H]1C=O. The Labute approximate surface area is 161 Å². The number of carbonyl (C=O) groups excluding carboxylic acids is 3. The minimum absolute atomic E-state index is 0.158. The van der Waals surface area contributed by atoms with Gasteiger partial charge in [-0.1, -0.05) is 0 Å². The van der Waals surface area contributed by atoms with Crippen LogP contribution in [0.5, 0.6) is 0 Å². The normalized spacial score (nSPS) is 24.1. The van der Waals surface area contributed by atoms with Gasteiger partial charge in [0.1, 0.15) is 17.7 Å². The Morgan fingerprint density at radius 2 is 2.22 bits per heavy atom. The molecule has 0 saturated carbocycles. The first-order valence-electron chi connectivity index (χ1n) is 8.53. The molecular weight excluding hydrogens is 366 g/mol. The summed E-state index contributed by atoms with van der Waals surface area (Å²) in [7, 11) is 0. The molecule has 3 heterocycles. The smallest absolute Gasteiger partial charge is 0.254 e. The van der Waals surface area contributed by atoms with Crippen LogP contribution in [0.15, 0.2) is 23.9 Å². The molecule has 0 spiro atoms. The number of hydrogen-bond donors (Lipinski definition) is 3. The second-order valence-corrected chi connectivity index (χ2v) is 8.52. The van der Waals surface area contributed by atoms with Crippen LogP contribution in [-0.2, 0) is 9.59 Å². The molecule has 9 heteroatoms. The Morgan fingerprint density at radius 3 is 2.93 bits per heavy atom. The molecular formula is C18H21N5O3S. The van der Waals surface area contributed by atoms with Crippen molar-refractivity contribution in [1.29, 1.82) is 5.41 Å². The maximum absolute atomic E-state index is 12.5. The van der Waals surface area contributed by atoms with Gasteiger partial charge in [0.15, 0.2) is 0 Å². The highest BCUT2D eigenvalue weighted by molar-refractivity contribution is 8.01. The number of nitrogens with zero attached hydrogens (tertiary/aromatic N) is 2. The zero-order chi connectivity index (χ0) is 19.6. The Balaban J connectivity index is 1.73. The van der Waals surface area contributed by atoms with Crippen LogP contribution in [0.2, 0.25) is 0 Å². The maximum atomic E-state index is 12.5. The Bertz CT molecular complexity index is 823. The van der Waals surface area contributed by atoms with Crippen LogP contribution in [0.3, 0.4) is 0 Å². The van der Waals surface area contributed by atoms with Gasteiger partial charge in [0, 0.05) is 29.6 Å². The van der Waals surface area contributed by atoms with E-state index >= 15 is 0 Å². The molecule has 1 aromatic rings. The van der Waals surface area contributed by atoms with Crippen LogP contribution >= 0.6 is 11.8 Å². The fourth-order valence-electron chi connectivity index (χ4n) is 3.14. The molecule has 0 bridgehead atoms. The minimum atomic E-state index is -0.434. The molecule has 2 amide bonds. The number of pyridine rings is 1. The summed E-state index contributed by atoms with van der Waals surface area (Å²) >= 11 is 1.58. The second kappa shape index (κ2) is 7.51. The molecule has 2 aliphatic heterocycles. The molecule has 27 heavy (non-hydrogen) atoms. The van der Waals surface area contributed by atoms with Gasteiger partial charge >= 0.3 is 0 Å². The van der Waals surface area contributed by atoms with E-state index in [-0.39, 0.29) is 21.9 Å². The van der Waals surface area contributed by atoms with E-state index in [1.807, 2.05) is 13.8 Å². The van der Waals surface area contributed by atoms with Crippen molar-refractivity contribution in [2.75, 3.05) is 13.1 Å². The minimum Gasteiger partial charge on any atom is -0.375 e. The van der Waals surface area contributed by atoms with E-state index in [0.29, 0.717) is 29.9 Å². The molecule has 3 N–H and O–H groups in total. The van der Waals surface area contributed by atoms with Gasteiger partial charge in [0.05, 0.1) is 17.6 Å². The highest BCUT2D eigenvalue weighted by Gasteiger charge is 2.58. The van der Waals surface area contributed by atoms with E-state index in [9.17, 15) is 14.4 Å². The first-order valence-corrected chi connectivity index (χ1v) is 9.41. The van der Waals surface area contributed by atoms with Crippen LogP contribution in [0.1, 0.15) is 29.9 Å². The third kappa shape index (κ3) is 3.59. The number of aldehydes is 1. The zero-order valence-corrected chi connectivity index (χ0v) is 15.9. The van der Waals surface area contributed by atoms with Crippen molar-refractivity contribution >= 4 is 42.3 Å². The van der Waals surface area contributed by atoms with Crippen molar-refractivity contribution in [3.05, 3.63) is 35.2 Å². The van der Waals surface area contributed by atoms with Crippen molar-refractivity contribution in [2.24, 2.45) is 0 Å². The molecule has 0 aromatic carbocycles. The number of thioether (sulfide) groups is 1. The Morgan fingerprint density at radius 1 is 1.44 bits per heavy atom. The Kier molecular flexibility index (Phi) is 5.31. The average Bonchev–Trinajstić information content (AvgIpc) is 2.90. The fraction of sp³-hybridized carbons (Fsp3) is 0.389. The van der Waals surface area contributed by atoms with E-state index in [2.05, 4.69) is 15.6 Å². The van der Waals surface area contributed by atoms with Gasteiger partial charge in [-0.2, -0.15) is 0 Å². The first-order chi connectivity index (χ1) is 12.9. The van der Waals surface area contributed by atoms with Crippen LogP contribution in [0.4, 0.5) is 0 Å². The first kappa shape index (κ1) is 19.1. The van der Waals surface area contributed by atoms with Crippen molar-refractivity contribution in [1.82, 2.24) is 20.5 Å². The van der Waals surface area contributed by atoms with E-state index in [1.165, 1.54) is 6.20 Å². The zero-order valence-electron chi connectivity index (χ0n) is 15.1. The van der Waals surface area contributed by atoms with E-state index in [4.69, 9.17) is 5.41 Å². The summed E-state index contributed by atoms with van der Waals surface area (Å²) in [5.41, 5.74) is 1.56. The number of nitrogens with one attached hydrogen (secondary N) is 3. The molecule has 1 unspecified atom stereocenters. The number of β-lactam (4-membered cyclic amide) rings is 1. The number of aromatic nitrogens is 1. The summed E-state index contributed by atoms with van der Waals surface area (Å²) in [5, 5.41) is 12.1. The third-order valence-electron chi connectivity index (χ3n) is 4.56. The lowest BCUT2D eigenvalue weighted by Crippen LogP contribution is -2.56. The van der Waals surface area contributed by atoms with Crippen molar-refractivity contribution in [2.45, 2.75) is 30.0 Å². The molecule has 8 nitrogen and oxygen atoms in total. The van der Waals surface area contributed by atoms with Gasteiger partial charge in [-0.3, -0.25) is 20.0 Å². The lowest BCUT2D eigenvalue weighted by molar-refractivity contribution is -0.139. The summed E-state index contributed by atoms with van der Waals surface area (Å²) in [4.78, 5) is 41.9. The van der Waals surface area contributed by atoms with Crippen molar-refractivity contribution in [3.63, 3.8) is 0 Å². The molecule has 2 aliphatic rings. The van der Waals surface area contributed by atoms with Crippen molar-refractivity contribution < 1.29 is 14.4 Å². The van der Waals surface area contributed by atoms with Gasteiger partial charge in [0.2, 0.25) is 0 Å². The van der Waals surface area contributed by atoms with Crippen LogP contribution in [-0.4, -0.2) is 63.6 Å². The summed E-state index contributed by atoms with van der Waals surface area (Å²) in [5.74, 6) is -0.410. The summed E-state index contributed by atoms with van der Waals surface area (Å²) in [6, 6.07) is 2.80. The lowest BCUT2D eigenvalue weighted by atomic mass is 9.96. The largest absolute Gasteiger partial charge is 0.375 e. The van der Waals surface area contributed by atoms with Crippen molar-refractivity contribution in [3.8, 4) is 0 Å². The quantitative estimate of drug-likeness (QED) is 0.158. The van der Waals surface area contributed by atoms with E-state index in [0.717, 1.165) is 12.6 Å². The summed E-state index contributed by atoms with van der Waals surface area (Å²) < 4.78 is -0.336. The maximum Gasteiger partial charge on any atom is 0.254 e. The highest BCUT2D eigenvalue weighted by atomic mass is 32.2. The topological polar surface area (TPSA) is 115 Å². The highest BCUT2D eigenvalue weighted by Crippen LogP contribution is 2.52. The monoisotopic (exact) mass is 387 g/mol. The number of fused-ring (bicyclic) bond motifs is 1. The standard InChI is InChI=1S/C18H21N5O3S/c1-18(2)14(9-24)23-16(26)13(17(23)27-18)8-12-7-11(3-4-21-12)15(25)22-6-5-20-10-19/h3-4,7-10,14,17H,5-6H2,1-2H3,(H2,19,20)(H,22,25)/b13-8-/t14-,17?/m0/s1. The molecule has 1 aromatic heterocycles. The van der Waals surface area contributed by atoms with Gasteiger partial charge < -0.3 is 20.3 Å². The lowest BCUT2D eigenvalue weighted by Gasteiger charge is -2.38. The molecule has 142 valence electrons. The fourth-order valence-corrected chi connectivity index (χ4v) is 4.66.